The van der Waals surface area contributed by atoms with Gasteiger partial charge >= 0.3 is 0 Å². The molecule has 2 rings (SSSR count). The fraction of sp³-hybridized carbons (Fsp3) is 0.143. The number of carbonyl (C=O) groups is 1. The van der Waals surface area contributed by atoms with Crippen molar-refractivity contribution in [3.05, 3.63) is 48.7 Å². The molecule has 0 aliphatic carbocycles. The van der Waals surface area contributed by atoms with E-state index in [4.69, 9.17) is 10.5 Å². The first-order valence-electron chi connectivity index (χ1n) is 5.83. The van der Waals surface area contributed by atoms with Crippen LogP contribution in [0.1, 0.15) is 0 Å². The predicted molar refractivity (Wildman–Crippen MR) is 74.0 cm³/mol. The molecule has 98 valence electrons. The molecule has 0 atom stereocenters. The minimum Gasteiger partial charge on any atom is -0.484 e. The van der Waals surface area contributed by atoms with Gasteiger partial charge in [-0.15, -0.1) is 0 Å². The number of pyridine rings is 1. The van der Waals surface area contributed by atoms with Crippen molar-refractivity contribution >= 4 is 17.4 Å². The van der Waals surface area contributed by atoms with Gasteiger partial charge in [-0.2, -0.15) is 0 Å². The van der Waals surface area contributed by atoms with Crippen LogP contribution in [-0.4, -0.2) is 24.5 Å². The smallest absolute Gasteiger partial charge is 0.265 e. The number of ether oxygens (including phenoxy) is 1. The molecule has 2 aromatic rings. The van der Waals surface area contributed by atoms with E-state index in [9.17, 15) is 4.79 Å². The van der Waals surface area contributed by atoms with Crippen LogP contribution < -0.4 is 15.4 Å². The van der Waals surface area contributed by atoms with Crippen molar-refractivity contribution < 1.29 is 9.53 Å². The molecule has 0 saturated carbocycles. The lowest BCUT2D eigenvalue weighted by Gasteiger charge is -2.16. The van der Waals surface area contributed by atoms with E-state index in [1.165, 1.54) is 4.90 Å². The fourth-order valence-electron chi connectivity index (χ4n) is 1.53. The van der Waals surface area contributed by atoms with E-state index in [0.717, 1.165) is 0 Å². The Morgan fingerprint density at radius 2 is 2.16 bits per heavy atom. The zero-order valence-electron chi connectivity index (χ0n) is 10.6. The van der Waals surface area contributed by atoms with Gasteiger partial charge in [0.1, 0.15) is 11.6 Å². The number of anilines is 2. The van der Waals surface area contributed by atoms with E-state index >= 15 is 0 Å². The number of hydrogen-bond acceptors (Lipinski definition) is 4. The molecule has 19 heavy (non-hydrogen) atoms. The van der Waals surface area contributed by atoms with Crippen LogP contribution in [0, 0.1) is 0 Å². The van der Waals surface area contributed by atoms with E-state index in [1.54, 1.807) is 49.6 Å². The van der Waals surface area contributed by atoms with E-state index in [-0.39, 0.29) is 12.5 Å². The first-order chi connectivity index (χ1) is 9.16. The van der Waals surface area contributed by atoms with E-state index < -0.39 is 0 Å². The van der Waals surface area contributed by atoms with E-state index in [1.807, 2.05) is 6.07 Å². The zero-order valence-corrected chi connectivity index (χ0v) is 10.6. The summed E-state index contributed by atoms with van der Waals surface area (Å²) in [7, 11) is 1.66. The highest BCUT2D eigenvalue weighted by Gasteiger charge is 2.12. The van der Waals surface area contributed by atoms with Crippen LogP contribution in [0.25, 0.3) is 0 Å². The molecule has 0 aliphatic rings. The molecule has 5 nitrogen and oxygen atoms in total. The van der Waals surface area contributed by atoms with Gasteiger partial charge in [-0.05, 0) is 24.3 Å². The number of aromatic nitrogens is 1. The largest absolute Gasteiger partial charge is 0.484 e. The molecule has 1 aromatic carbocycles. The zero-order chi connectivity index (χ0) is 13.7. The minimum atomic E-state index is -0.180. The maximum Gasteiger partial charge on any atom is 0.265 e. The highest BCUT2D eigenvalue weighted by atomic mass is 16.5. The Balaban J connectivity index is 1.95. The third kappa shape index (κ3) is 3.45. The third-order valence-corrected chi connectivity index (χ3v) is 2.59. The number of likely N-dealkylation sites (N-methyl/N-ethyl adjacent to an activating group) is 1. The number of amides is 1. The quantitative estimate of drug-likeness (QED) is 0.846. The molecule has 0 unspecified atom stereocenters. The van der Waals surface area contributed by atoms with Gasteiger partial charge in [-0.25, -0.2) is 4.98 Å². The van der Waals surface area contributed by atoms with Gasteiger partial charge < -0.3 is 10.5 Å². The molecule has 0 fully saturated rings. The fourth-order valence-corrected chi connectivity index (χ4v) is 1.53. The summed E-state index contributed by atoms with van der Waals surface area (Å²) in [6, 6.07) is 12.3. The monoisotopic (exact) mass is 257 g/mol. The summed E-state index contributed by atoms with van der Waals surface area (Å²) in [5.41, 5.74) is 6.23. The Bertz CT molecular complexity index is 558. The van der Waals surface area contributed by atoms with Crippen LogP contribution in [0.5, 0.6) is 5.75 Å². The van der Waals surface area contributed by atoms with Gasteiger partial charge in [-0.1, -0.05) is 12.1 Å². The number of nitrogens with two attached hydrogens (primary N) is 1. The van der Waals surface area contributed by atoms with Crippen molar-refractivity contribution in [2.45, 2.75) is 0 Å². The van der Waals surface area contributed by atoms with Gasteiger partial charge in [0.2, 0.25) is 0 Å². The summed E-state index contributed by atoms with van der Waals surface area (Å²) in [6.07, 6.45) is 1.64. The predicted octanol–water partition coefficient (Wildman–Crippen LogP) is 1.71. The summed E-state index contributed by atoms with van der Waals surface area (Å²) < 4.78 is 5.39. The summed E-state index contributed by atoms with van der Waals surface area (Å²) in [6.45, 7) is -0.0590. The minimum absolute atomic E-state index is 0.0590. The average molecular weight is 257 g/mol. The number of hydrogen-bond donors (Lipinski definition) is 1. The second kappa shape index (κ2) is 5.86. The van der Waals surface area contributed by atoms with Gasteiger partial charge in [-0.3, -0.25) is 9.69 Å². The summed E-state index contributed by atoms with van der Waals surface area (Å²) in [5.74, 6) is 0.979. The maximum atomic E-state index is 11.9. The first-order valence-corrected chi connectivity index (χ1v) is 5.83. The lowest BCUT2D eigenvalue weighted by Crippen LogP contribution is -2.31. The average Bonchev–Trinajstić information content (AvgIpc) is 2.45. The molecule has 0 spiro atoms. The van der Waals surface area contributed by atoms with Crippen molar-refractivity contribution in [3.63, 3.8) is 0 Å². The summed E-state index contributed by atoms with van der Waals surface area (Å²) >= 11 is 0. The number of benzene rings is 1. The Morgan fingerprint density at radius 1 is 1.32 bits per heavy atom. The molecule has 0 radical (unpaired) electrons. The molecule has 1 aromatic heterocycles. The standard InChI is InChI=1S/C14H15N3O2/c1-17(13-7-2-3-8-16-13)14(18)10-19-12-6-4-5-11(15)9-12/h2-9H,10,15H2,1H3. The number of nitrogens with zero attached hydrogens (tertiary/aromatic N) is 2. The van der Waals surface area contributed by atoms with Crippen molar-refractivity contribution in [1.29, 1.82) is 0 Å². The normalized spacial score (nSPS) is 9.95. The van der Waals surface area contributed by atoms with Crippen LogP contribution in [0.2, 0.25) is 0 Å². The van der Waals surface area contributed by atoms with Crippen molar-refractivity contribution in [1.82, 2.24) is 4.98 Å². The first kappa shape index (κ1) is 12.9. The Kier molecular flexibility index (Phi) is 3.97. The van der Waals surface area contributed by atoms with Gasteiger partial charge in [0, 0.05) is 25.0 Å². The molecule has 0 saturated heterocycles. The number of rotatable bonds is 4. The summed E-state index contributed by atoms with van der Waals surface area (Å²) in [4.78, 5) is 17.5. The SMILES string of the molecule is CN(C(=O)COc1cccc(N)c1)c1ccccn1. The molecular weight excluding hydrogens is 242 g/mol. The molecule has 1 amide bonds. The van der Waals surface area contributed by atoms with Crippen molar-refractivity contribution in [2.75, 3.05) is 24.3 Å². The lowest BCUT2D eigenvalue weighted by molar-refractivity contribution is -0.120. The van der Waals surface area contributed by atoms with Crippen LogP contribution >= 0.6 is 0 Å². The summed E-state index contributed by atoms with van der Waals surface area (Å²) in [5, 5.41) is 0. The number of carbonyl (C=O) groups excluding carboxylic acids is 1. The molecule has 2 N–H and O–H groups in total. The highest BCUT2D eigenvalue weighted by Crippen LogP contribution is 2.15. The van der Waals surface area contributed by atoms with Gasteiger partial charge in [0.15, 0.2) is 6.61 Å². The molecule has 5 heteroatoms. The van der Waals surface area contributed by atoms with Crippen molar-refractivity contribution in [2.24, 2.45) is 0 Å². The maximum absolute atomic E-state index is 11.9. The van der Waals surface area contributed by atoms with Gasteiger partial charge in [0.05, 0.1) is 0 Å². The number of nitrogen functional groups attached to an aromatic ring is 1. The highest BCUT2D eigenvalue weighted by molar-refractivity contribution is 5.92. The topological polar surface area (TPSA) is 68.5 Å². The Labute approximate surface area is 111 Å². The lowest BCUT2D eigenvalue weighted by atomic mass is 10.3. The van der Waals surface area contributed by atoms with E-state index in [0.29, 0.717) is 17.3 Å². The molecule has 0 aliphatic heterocycles. The molecule has 1 heterocycles. The van der Waals surface area contributed by atoms with Gasteiger partial charge in [0.25, 0.3) is 5.91 Å². The van der Waals surface area contributed by atoms with E-state index in [2.05, 4.69) is 4.98 Å². The molecular formula is C14H15N3O2. The Hall–Kier alpha value is -2.56. The molecule has 0 bridgehead atoms. The third-order valence-electron chi connectivity index (χ3n) is 2.59. The second-order valence-corrected chi connectivity index (χ2v) is 4.00. The van der Waals surface area contributed by atoms with Crippen LogP contribution in [0.15, 0.2) is 48.7 Å². The Morgan fingerprint density at radius 3 is 2.84 bits per heavy atom. The van der Waals surface area contributed by atoms with Crippen LogP contribution in [0.4, 0.5) is 11.5 Å². The van der Waals surface area contributed by atoms with Crippen molar-refractivity contribution in [3.8, 4) is 5.75 Å². The van der Waals surface area contributed by atoms with Crippen LogP contribution in [0.3, 0.4) is 0 Å². The second-order valence-electron chi connectivity index (χ2n) is 4.00. The van der Waals surface area contributed by atoms with Crippen LogP contribution in [-0.2, 0) is 4.79 Å².